The second-order valence-electron chi connectivity index (χ2n) is 10.4. The molecule has 0 aliphatic rings. The van der Waals surface area contributed by atoms with E-state index in [4.69, 9.17) is 4.74 Å². The van der Waals surface area contributed by atoms with E-state index < -0.39 is 12.1 Å². The largest absolute Gasteiger partial charge is 0.497 e. The number of ketones is 1. The summed E-state index contributed by atoms with van der Waals surface area (Å²) in [5, 5.41) is 17.5. The normalized spacial score (nSPS) is 12.4. The number of ether oxygens (including phenoxy) is 1. The van der Waals surface area contributed by atoms with Crippen molar-refractivity contribution in [2.75, 3.05) is 13.7 Å². The fourth-order valence-electron chi connectivity index (χ4n) is 4.93. The van der Waals surface area contributed by atoms with E-state index in [0.717, 1.165) is 39.1 Å². The molecule has 0 radical (unpaired) electrons. The van der Waals surface area contributed by atoms with E-state index in [-0.39, 0.29) is 18.1 Å². The summed E-state index contributed by atoms with van der Waals surface area (Å²) in [6.07, 6.45) is -0.117. The monoisotopic (exact) mass is 550 g/mol. The molecule has 4 rings (SSSR count). The van der Waals surface area contributed by atoms with E-state index >= 15 is 0 Å². The zero-order chi connectivity index (χ0) is 29.2. The van der Waals surface area contributed by atoms with Crippen molar-refractivity contribution in [3.8, 4) is 16.9 Å². The second-order valence-corrected chi connectivity index (χ2v) is 10.4. The Balaban J connectivity index is 1.44. The van der Waals surface area contributed by atoms with Crippen molar-refractivity contribution >= 4 is 11.7 Å². The number of benzene rings is 4. The van der Waals surface area contributed by atoms with E-state index in [1.54, 1.807) is 20.1 Å². The van der Waals surface area contributed by atoms with Gasteiger partial charge in [-0.15, -0.1) is 0 Å². The van der Waals surface area contributed by atoms with Gasteiger partial charge >= 0.3 is 0 Å². The Morgan fingerprint density at radius 1 is 0.829 bits per heavy atom. The number of amides is 1. The number of aryl methyl sites for hydroxylation is 1. The van der Waals surface area contributed by atoms with Crippen LogP contribution in [0.4, 0.5) is 0 Å². The van der Waals surface area contributed by atoms with Gasteiger partial charge < -0.3 is 20.5 Å². The van der Waals surface area contributed by atoms with Crippen LogP contribution in [0.1, 0.15) is 39.5 Å². The minimum absolute atomic E-state index is 0.0140. The Morgan fingerprint density at radius 2 is 1.59 bits per heavy atom. The lowest BCUT2D eigenvalue weighted by molar-refractivity contribution is -0.122. The number of hydrogen-bond donors (Lipinski definition) is 3. The van der Waals surface area contributed by atoms with Crippen molar-refractivity contribution in [3.05, 3.63) is 125 Å². The predicted octanol–water partition coefficient (Wildman–Crippen LogP) is 5.29. The first-order valence-electron chi connectivity index (χ1n) is 13.9. The number of Topliss-reactive ketones (excluding diaryl/α,β-unsaturated/α-hetero) is 1. The summed E-state index contributed by atoms with van der Waals surface area (Å²) < 4.78 is 5.30. The first kappa shape index (κ1) is 29.7. The molecule has 1 amide bonds. The molecule has 0 heterocycles. The summed E-state index contributed by atoms with van der Waals surface area (Å²) >= 11 is 0. The molecule has 41 heavy (non-hydrogen) atoms. The fraction of sp³-hybridized carbons (Fsp3) is 0.257. The highest BCUT2D eigenvalue weighted by atomic mass is 16.5. The summed E-state index contributed by atoms with van der Waals surface area (Å²) in [7, 11) is 1.64. The molecule has 3 N–H and O–H groups in total. The van der Waals surface area contributed by atoms with E-state index in [0.29, 0.717) is 25.1 Å². The minimum Gasteiger partial charge on any atom is -0.497 e. The number of aliphatic hydroxyl groups is 1. The third-order valence-electron chi connectivity index (χ3n) is 7.03. The van der Waals surface area contributed by atoms with Gasteiger partial charge in [-0.1, -0.05) is 84.4 Å². The zero-order valence-electron chi connectivity index (χ0n) is 23.9. The van der Waals surface area contributed by atoms with Gasteiger partial charge in [-0.3, -0.25) is 9.59 Å². The smallest absolute Gasteiger partial charge is 0.224 e. The van der Waals surface area contributed by atoms with Crippen LogP contribution in [0.15, 0.2) is 97.1 Å². The third-order valence-corrected chi connectivity index (χ3v) is 7.03. The van der Waals surface area contributed by atoms with Crippen molar-refractivity contribution < 1.29 is 19.4 Å². The molecule has 0 aliphatic carbocycles. The van der Waals surface area contributed by atoms with Crippen LogP contribution in [0.25, 0.3) is 11.1 Å². The molecule has 0 saturated heterocycles. The molecule has 6 heteroatoms. The molecule has 4 aromatic rings. The summed E-state index contributed by atoms with van der Waals surface area (Å²) in [4.78, 5) is 25.2. The number of rotatable bonds is 13. The van der Waals surface area contributed by atoms with Crippen molar-refractivity contribution in [1.82, 2.24) is 10.6 Å². The summed E-state index contributed by atoms with van der Waals surface area (Å²) in [5.74, 6) is 0.636. The Labute approximate surface area is 242 Å². The van der Waals surface area contributed by atoms with Crippen LogP contribution < -0.4 is 15.4 Å². The van der Waals surface area contributed by atoms with Crippen LogP contribution in [0.2, 0.25) is 0 Å². The first-order valence-corrected chi connectivity index (χ1v) is 13.9. The lowest BCUT2D eigenvalue weighted by atomic mass is 9.96. The maximum Gasteiger partial charge on any atom is 0.224 e. The van der Waals surface area contributed by atoms with Crippen LogP contribution in [0.5, 0.6) is 5.75 Å². The Hall–Kier alpha value is -4.26. The number of nitrogens with one attached hydrogen (secondary N) is 2. The van der Waals surface area contributed by atoms with E-state index in [1.807, 2.05) is 91.9 Å². The quantitative estimate of drug-likeness (QED) is 0.197. The Morgan fingerprint density at radius 3 is 2.34 bits per heavy atom. The van der Waals surface area contributed by atoms with Crippen molar-refractivity contribution in [3.63, 3.8) is 0 Å². The maximum absolute atomic E-state index is 13.3. The molecule has 2 atom stereocenters. The lowest BCUT2D eigenvalue weighted by Gasteiger charge is -2.25. The predicted molar refractivity (Wildman–Crippen MR) is 163 cm³/mol. The molecular weight excluding hydrogens is 512 g/mol. The maximum atomic E-state index is 13.3. The topological polar surface area (TPSA) is 87.7 Å². The number of carbonyl (C=O) groups is 2. The molecule has 0 saturated carbocycles. The molecule has 0 unspecified atom stereocenters. The van der Waals surface area contributed by atoms with Gasteiger partial charge in [-0.2, -0.15) is 0 Å². The minimum atomic E-state index is -0.799. The van der Waals surface area contributed by atoms with Gasteiger partial charge in [0.25, 0.3) is 0 Å². The Kier molecular flexibility index (Phi) is 10.4. The SMILES string of the molecule is COc1cccc(CNC[C@@H](O)[C@H](Cc2ccccc2)NC(=O)Cc2cc(C)cc(-c3cccc(C(C)=O)c3)c2)c1. The summed E-state index contributed by atoms with van der Waals surface area (Å²) in [5.41, 5.74) is 6.52. The molecule has 0 spiro atoms. The first-order chi connectivity index (χ1) is 19.8. The van der Waals surface area contributed by atoms with Gasteiger partial charge in [-0.05, 0) is 66.3 Å². The molecule has 212 valence electrons. The molecular formula is C35H38N2O4. The van der Waals surface area contributed by atoms with Crippen molar-refractivity contribution in [2.24, 2.45) is 0 Å². The van der Waals surface area contributed by atoms with Crippen molar-refractivity contribution in [1.29, 1.82) is 0 Å². The highest BCUT2D eigenvalue weighted by molar-refractivity contribution is 5.95. The van der Waals surface area contributed by atoms with Crippen LogP contribution in [0, 0.1) is 6.92 Å². The average Bonchev–Trinajstić information content (AvgIpc) is 2.97. The molecule has 0 aromatic heterocycles. The van der Waals surface area contributed by atoms with Crippen LogP contribution in [-0.4, -0.2) is 42.6 Å². The van der Waals surface area contributed by atoms with Gasteiger partial charge in [0.2, 0.25) is 5.91 Å². The standard InChI is InChI=1S/C35H38N2O4/c1-24-15-28(17-31(16-24)30-13-8-12-29(21-30)25(2)38)20-35(40)37-33(19-26-9-5-4-6-10-26)34(39)23-36-22-27-11-7-14-32(18-27)41-3/h4-18,21,33-34,36,39H,19-20,22-23H2,1-3H3,(H,37,40)/t33-,34+/m0/s1. The molecule has 6 nitrogen and oxygen atoms in total. The number of aliphatic hydroxyl groups excluding tert-OH is 1. The van der Waals surface area contributed by atoms with Gasteiger partial charge in [0.15, 0.2) is 5.78 Å². The van der Waals surface area contributed by atoms with E-state index in [9.17, 15) is 14.7 Å². The van der Waals surface area contributed by atoms with E-state index in [2.05, 4.69) is 16.7 Å². The van der Waals surface area contributed by atoms with E-state index in [1.165, 1.54) is 0 Å². The second kappa shape index (κ2) is 14.4. The van der Waals surface area contributed by atoms with Crippen LogP contribution in [-0.2, 0) is 24.2 Å². The lowest BCUT2D eigenvalue weighted by Crippen LogP contribution is -2.49. The van der Waals surface area contributed by atoms with Gasteiger partial charge in [0.05, 0.1) is 25.7 Å². The number of methoxy groups -OCH3 is 1. The number of hydrogen-bond acceptors (Lipinski definition) is 5. The fourth-order valence-corrected chi connectivity index (χ4v) is 4.93. The van der Waals surface area contributed by atoms with Crippen LogP contribution in [0.3, 0.4) is 0 Å². The number of carbonyl (C=O) groups excluding carboxylic acids is 2. The highest BCUT2D eigenvalue weighted by Crippen LogP contribution is 2.24. The average molecular weight is 551 g/mol. The summed E-state index contributed by atoms with van der Waals surface area (Å²) in [6, 6.07) is 30.7. The molecule has 0 fully saturated rings. The zero-order valence-corrected chi connectivity index (χ0v) is 23.9. The summed E-state index contributed by atoms with van der Waals surface area (Å²) in [6.45, 7) is 4.43. The molecule has 4 aromatic carbocycles. The molecule has 0 aliphatic heterocycles. The van der Waals surface area contributed by atoms with Gasteiger partial charge in [0, 0.05) is 18.7 Å². The van der Waals surface area contributed by atoms with Gasteiger partial charge in [0.1, 0.15) is 5.75 Å². The highest BCUT2D eigenvalue weighted by Gasteiger charge is 2.22. The molecule has 0 bridgehead atoms. The third kappa shape index (κ3) is 8.87. The van der Waals surface area contributed by atoms with Crippen LogP contribution >= 0.6 is 0 Å². The van der Waals surface area contributed by atoms with Crippen molar-refractivity contribution in [2.45, 2.75) is 45.4 Å². The van der Waals surface area contributed by atoms with Gasteiger partial charge in [-0.25, -0.2) is 0 Å². The Bertz CT molecular complexity index is 1470.